The van der Waals surface area contributed by atoms with Gasteiger partial charge in [-0.15, -0.1) is 0 Å². The maximum atomic E-state index is 7.47. The molecule has 43 heavy (non-hydrogen) atoms. The molecule has 1 nitrogen and oxygen atoms in total. The summed E-state index contributed by atoms with van der Waals surface area (Å²) in [6.07, 6.45) is 6.75. The van der Waals surface area contributed by atoms with Crippen molar-refractivity contribution in [1.29, 1.82) is 0 Å². The van der Waals surface area contributed by atoms with Crippen molar-refractivity contribution in [2.24, 2.45) is 0 Å². The van der Waals surface area contributed by atoms with Crippen molar-refractivity contribution in [3.8, 4) is 28.0 Å². The Labute approximate surface area is 254 Å². The largest absolute Gasteiger partial charge is 0.472 e. The molecule has 208 valence electrons. The monoisotopic (exact) mass is 554 g/mol. The average molecular weight is 555 g/mol. The lowest BCUT2D eigenvalue weighted by Gasteiger charge is -2.39. The molecule has 0 aromatic heterocycles. The molecule has 0 radical (unpaired) electrons. The van der Waals surface area contributed by atoms with Gasteiger partial charge in [0.15, 0.2) is 5.60 Å². The first-order chi connectivity index (χ1) is 21.2. The first-order valence-electron chi connectivity index (χ1n) is 15.5. The summed E-state index contributed by atoms with van der Waals surface area (Å²) in [6.45, 7) is 4.68. The molecule has 8 rings (SSSR count). The number of benzene rings is 6. The summed E-state index contributed by atoms with van der Waals surface area (Å²) in [5.41, 5.74) is 10.7. The molecule has 1 heterocycles. The highest BCUT2D eigenvalue weighted by molar-refractivity contribution is 6.08. The first-order valence-corrected chi connectivity index (χ1v) is 15.5. The van der Waals surface area contributed by atoms with Crippen LogP contribution in [0.5, 0.6) is 5.75 Å². The van der Waals surface area contributed by atoms with Gasteiger partial charge in [0.2, 0.25) is 0 Å². The summed E-state index contributed by atoms with van der Waals surface area (Å²) < 4.78 is 7.47. The average Bonchev–Trinajstić information content (AvgIpc) is 3.40. The third-order valence-electron chi connectivity index (χ3n) is 9.97. The molecule has 1 atom stereocenters. The van der Waals surface area contributed by atoms with E-state index in [1.165, 1.54) is 49.7 Å². The van der Waals surface area contributed by atoms with Crippen LogP contribution in [0, 0.1) is 0 Å². The molecule has 1 aliphatic carbocycles. The van der Waals surface area contributed by atoms with Gasteiger partial charge in [-0.2, -0.15) is 0 Å². The maximum Gasteiger partial charge on any atom is 0.178 e. The van der Waals surface area contributed by atoms with Crippen LogP contribution in [0.4, 0.5) is 0 Å². The van der Waals surface area contributed by atoms with E-state index in [2.05, 4.69) is 159 Å². The van der Waals surface area contributed by atoms with Crippen LogP contribution in [0.2, 0.25) is 0 Å². The first kappa shape index (κ1) is 25.8. The normalized spacial score (nSPS) is 17.6. The molecule has 1 aliphatic heterocycles. The van der Waals surface area contributed by atoms with Crippen molar-refractivity contribution in [3.05, 3.63) is 167 Å². The van der Waals surface area contributed by atoms with Gasteiger partial charge in [-0.1, -0.05) is 153 Å². The van der Waals surface area contributed by atoms with Crippen molar-refractivity contribution in [3.63, 3.8) is 0 Å². The Morgan fingerprint density at radius 2 is 1.14 bits per heavy atom. The van der Waals surface area contributed by atoms with Gasteiger partial charge in [-0.3, -0.25) is 0 Å². The summed E-state index contributed by atoms with van der Waals surface area (Å²) in [5.74, 6) is 0.979. The van der Waals surface area contributed by atoms with E-state index in [0.717, 1.165) is 29.7 Å². The molecule has 1 unspecified atom stereocenters. The van der Waals surface area contributed by atoms with Gasteiger partial charge in [0, 0.05) is 27.5 Å². The fraction of sp³-hybridized carbons (Fsp3) is 0.143. The Morgan fingerprint density at radius 3 is 1.86 bits per heavy atom. The van der Waals surface area contributed by atoms with Gasteiger partial charge in [-0.05, 0) is 57.7 Å². The molecule has 0 spiro atoms. The van der Waals surface area contributed by atoms with Gasteiger partial charge in [0.25, 0.3) is 0 Å². The Kier molecular flexibility index (Phi) is 5.91. The number of hydrogen-bond donors (Lipinski definition) is 0. The Morgan fingerprint density at radius 1 is 0.558 bits per heavy atom. The van der Waals surface area contributed by atoms with Crippen LogP contribution < -0.4 is 4.74 Å². The molecule has 0 bridgehead atoms. The summed E-state index contributed by atoms with van der Waals surface area (Å²) in [5, 5.41) is 2.43. The Bertz CT molecular complexity index is 2000. The number of rotatable bonds is 5. The van der Waals surface area contributed by atoms with E-state index in [1.54, 1.807) is 0 Å². The predicted octanol–water partition coefficient (Wildman–Crippen LogP) is 10.9. The van der Waals surface area contributed by atoms with E-state index in [-0.39, 0.29) is 5.41 Å². The van der Waals surface area contributed by atoms with E-state index >= 15 is 0 Å². The molecule has 2 aliphatic rings. The van der Waals surface area contributed by atoms with Crippen LogP contribution in [0.1, 0.15) is 54.5 Å². The minimum absolute atomic E-state index is 0.0577. The van der Waals surface area contributed by atoms with Crippen LogP contribution in [0.15, 0.2) is 140 Å². The van der Waals surface area contributed by atoms with Crippen molar-refractivity contribution in [2.75, 3.05) is 0 Å². The Hall–Kier alpha value is -4.88. The van der Waals surface area contributed by atoms with E-state index < -0.39 is 5.60 Å². The third kappa shape index (κ3) is 3.64. The minimum Gasteiger partial charge on any atom is -0.472 e. The quantitative estimate of drug-likeness (QED) is 0.206. The summed E-state index contributed by atoms with van der Waals surface area (Å²) >= 11 is 0. The van der Waals surface area contributed by atoms with Crippen molar-refractivity contribution < 1.29 is 4.74 Å². The molecule has 1 heteroatoms. The highest BCUT2D eigenvalue weighted by Crippen LogP contribution is 2.60. The second kappa shape index (κ2) is 9.85. The molecule has 0 fully saturated rings. The molecule has 0 amide bonds. The zero-order chi connectivity index (χ0) is 29.0. The lowest BCUT2D eigenvalue weighted by Crippen LogP contribution is -2.35. The number of fused-ring (bicyclic) bond motifs is 8. The fourth-order valence-electron chi connectivity index (χ4n) is 7.81. The predicted molar refractivity (Wildman–Crippen MR) is 180 cm³/mol. The van der Waals surface area contributed by atoms with Crippen molar-refractivity contribution in [2.45, 2.75) is 37.7 Å². The second-order valence-electron chi connectivity index (χ2n) is 11.9. The van der Waals surface area contributed by atoms with Crippen LogP contribution in [-0.2, 0) is 11.0 Å². The molecule has 0 saturated heterocycles. The lowest BCUT2D eigenvalue weighted by molar-refractivity contribution is 0.163. The van der Waals surface area contributed by atoms with Gasteiger partial charge in [0.1, 0.15) is 5.75 Å². The molecular formula is C42H34O. The van der Waals surface area contributed by atoms with E-state index in [1.807, 2.05) is 0 Å². The fourth-order valence-corrected chi connectivity index (χ4v) is 7.81. The zero-order valence-electron chi connectivity index (χ0n) is 24.7. The number of hydrogen-bond acceptors (Lipinski definition) is 1. The second-order valence-corrected chi connectivity index (χ2v) is 11.9. The van der Waals surface area contributed by atoms with Gasteiger partial charge in [-0.25, -0.2) is 0 Å². The van der Waals surface area contributed by atoms with Crippen molar-refractivity contribution in [1.82, 2.24) is 0 Å². The van der Waals surface area contributed by atoms with Gasteiger partial charge < -0.3 is 4.74 Å². The van der Waals surface area contributed by atoms with E-state index in [4.69, 9.17) is 4.74 Å². The summed E-state index contributed by atoms with van der Waals surface area (Å²) in [6, 6.07) is 48.0. The topological polar surface area (TPSA) is 9.23 Å². The third-order valence-corrected chi connectivity index (χ3v) is 9.97. The van der Waals surface area contributed by atoms with Gasteiger partial charge in [0.05, 0.1) is 0 Å². The van der Waals surface area contributed by atoms with Crippen LogP contribution in [0.25, 0.3) is 39.1 Å². The number of ether oxygens (including phenoxy) is 1. The van der Waals surface area contributed by atoms with Crippen LogP contribution in [-0.4, -0.2) is 0 Å². The minimum atomic E-state index is -0.757. The molecule has 6 aromatic rings. The highest BCUT2D eigenvalue weighted by atomic mass is 16.5. The zero-order valence-corrected chi connectivity index (χ0v) is 24.7. The van der Waals surface area contributed by atoms with Crippen LogP contribution in [0.3, 0.4) is 0 Å². The molecule has 6 aromatic carbocycles. The smallest absolute Gasteiger partial charge is 0.178 e. The van der Waals surface area contributed by atoms with Crippen LogP contribution >= 0.6 is 0 Å². The summed E-state index contributed by atoms with van der Waals surface area (Å²) in [4.78, 5) is 0. The standard InChI is InChI=1S/C42H34O/c1-3-41(4-2)37-22-14-13-21-35(37)38-33-19-11-12-20-34(33)40-36(39(38)41)27-28-42(43-40,31-17-9-6-10-18-31)32-25-23-30(24-26-32)29-15-7-5-8-16-29/h5-28H,3-4H2,1-2H3. The molecule has 0 saturated carbocycles. The maximum absolute atomic E-state index is 7.47. The van der Waals surface area contributed by atoms with Gasteiger partial charge >= 0.3 is 0 Å². The van der Waals surface area contributed by atoms with E-state index in [9.17, 15) is 0 Å². The SMILES string of the molecule is CCC1(CC)c2ccccc2-c2c1c1c(c3ccccc23)OC(c2ccccc2)(c2ccc(-c3ccccc3)cc2)C=C1. The lowest BCUT2D eigenvalue weighted by atomic mass is 9.71. The Balaban J connectivity index is 1.39. The summed E-state index contributed by atoms with van der Waals surface area (Å²) in [7, 11) is 0. The highest BCUT2D eigenvalue weighted by Gasteiger charge is 2.46. The molecule has 0 N–H and O–H groups in total. The molecular weight excluding hydrogens is 520 g/mol. The van der Waals surface area contributed by atoms with E-state index in [0.29, 0.717) is 0 Å². The van der Waals surface area contributed by atoms with Crippen molar-refractivity contribution >= 4 is 16.8 Å².